The van der Waals surface area contributed by atoms with E-state index in [1.54, 1.807) is 6.20 Å². The van der Waals surface area contributed by atoms with Gasteiger partial charge >= 0.3 is 0 Å². The number of Topliss-reactive ketones (excluding diaryl/α,β-unsaturated/α-hetero) is 1. The van der Waals surface area contributed by atoms with Gasteiger partial charge in [0.25, 0.3) is 5.91 Å². The minimum atomic E-state index is -1.02. The molecule has 4 fully saturated rings. The molecule has 2 saturated carbocycles. The van der Waals surface area contributed by atoms with Gasteiger partial charge in [0.2, 0.25) is 23.5 Å². The minimum Gasteiger partial charge on any atom is -0.347 e. The summed E-state index contributed by atoms with van der Waals surface area (Å²) >= 11 is 0. The third kappa shape index (κ3) is 8.76. The van der Waals surface area contributed by atoms with Crippen LogP contribution in [0.25, 0.3) is 0 Å². The number of nitrogens with one attached hydrogen (secondary N) is 4. The predicted molar refractivity (Wildman–Crippen MR) is 174 cm³/mol. The van der Waals surface area contributed by atoms with Gasteiger partial charge in [-0.15, -0.1) is 0 Å². The first-order chi connectivity index (χ1) is 22.4. The normalized spacial score (nSPS) is 26.1. The maximum absolute atomic E-state index is 14.5. The Kier molecular flexibility index (Phi) is 11.0. The smallest absolute Gasteiger partial charge is 0.289 e. The number of hydroxylamine groups is 1. The van der Waals surface area contributed by atoms with Crippen LogP contribution in [0, 0.1) is 11.3 Å². The average Bonchev–Trinajstić information content (AvgIpc) is 3.64. The molecule has 5 atom stereocenters. The molecule has 1 spiro atoms. The zero-order valence-corrected chi connectivity index (χ0v) is 28.3. The Morgan fingerprint density at radius 1 is 1.04 bits per heavy atom. The fraction of sp³-hybridized carbons (Fsp3) is 0.714. The molecule has 5 rings (SSSR count). The number of pyridine rings is 1. The van der Waals surface area contributed by atoms with Gasteiger partial charge in [0.1, 0.15) is 17.7 Å². The maximum atomic E-state index is 14.5. The quantitative estimate of drug-likeness (QED) is 0.251. The van der Waals surface area contributed by atoms with Crippen LogP contribution in [0.2, 0.25) is 0 Å². The number of hydrogen-bond donors (Lipinski definition) is 4. The summed E-state index contributed by atoms with van der Waals surface area (Å²) in [5.74, 6) is -2.14. The minimum absolute atomic E-state index is 0.00829. The number of amides is 4. The highest BCUT2D eigenvalue weighted by atomic mass is 16.7. The van der Waals surface area contributed by atoms with Gasteiger partial charge in [-0.3, -0.25) is 33.8 Å². The van der Waals surface area contributed by atoms with Crippen LogP contribution in [0.3, 0.4) is 0 Å². The first-order valence-electron chi connectivity index (χ1n) is 17.5. The molecule has 1 aromatic rings. The number of likely N-dealkylation sites (tertiary alicyclic amines) is 1. The summed E-state index contributed by atoms with van der Waals surface area (Å²) in [4.78, 5) is 79.9. The van der Waals surface area contributed by atoms with E-state index in [4.69, 9.17) is 4.84 Å². The molecule has 0 aromatic carbocycles. The highest BCUT2D eigenvalue weighted by molar-refractivity contribution is 6.38. The molecule has 1 unspecified atom stereocenters. The van der Waals surface area contributed by atoms with E-state index in [0.717, 1.165) is 44.2 Å². The summed E-state index contributed by atoms with van der Waals surface area (Å²) in [6, 6.07) is 2.50. The van der Waals surface area contributed by atoms with Crippen LogP contribution in [0.1, 0.15) is 116 Å². The average molecular weight is 653 g/mol. The van der Waals surface area contributed by atoms with Crippen molar-refractivity contribution in [1.29, 1.82) is 0 Å². The molecule has 2 aliphatic carbocycles. The Morgan fingerprint density at radius 2 is 1.79 bits per heavy atom. The van der Waals surface area contributed by atoms with E-state index in [1.165, 1.54) is 11.3 Å². The van der Waals surface area contributed by atoms with Crippen LogP contribution < -0.4 is 21.4 Å². The van der Waals surface area contributed by atoms with Crippen molar-refractivity contribution in [1.82, 2.24) is 31.3 Å². The van der Waals surface area contributed by atoms with Crippen molar-refractivity contribution in [2.45, 2.75) is 141 Å². The molecule has 0 radical (unpaired) electrons. The number of hydrogen-bond acceptors (Lipinski definition) is 8. The van der Waals surface area contributed by atoms with Crippen molar-refractivity contribution in [2.24, 2.45) is 11.3 Å². The zero-order chi connectivity index (χ0) is 33.8. The highest BCUT2D eigenvalue weighted by Gasteiger charge is 2.56. The van der Waals surface area contributed by atoms with E-state index < -0.39 is 46.7 Å². The van der Waals surface area contributed by atoms with Crippen LogP contribution in [0.15, 0.2) is 24.4 Å². The van der Waals surface area contributed by atoms with Crippen LogP contribution >= 0.6 is 0 Å². The second-order valence-electron chi connectivity index (χ2n) is 15.1. The molecule has 47 heavy (non-hydrogen) atoms. The monoisotopic (exact) mass is 652 g/mol. The Bertz CT molecular complexity index is 1310. The Balaban J connectivity index is 1.37. The number of nitrogens with zero attached hydrogens (tertiary/aromatic N) is 2. The van der Waals surface area contributed by atoms with Crippen molar-refractivity contribution in [3.8, 4) is 0 Å². The van der Waals surface area contributed by atoms with Gasteiger partial charge < -0.3 is 20.9 Å². The molecular weight excluding hydrogens is 600 g/mol. The second kappa shape index (κ2) is 14.8. The van der Waals surface area contributed by atoms with Crippen LogP contribution in [-0.4, -0.2) is 75.6 Å². The lowest BCUT2D eigenvalue weighted by molar-refractivity contribution is -0.145. The standard InChI is InChI=1S/C35H52N6O6/c1-5-11-25(29(43)32(45)37-23-15-16-23)38-31(44)27-20-35(19-26(40-47-35)24-14-9-10-17-36-24)21-41(27)33(46)30(34(2,3)4)39-28(42)18-22-12-7-6-8-13-22/h9-10,14,17,22-23,25-27,30,40H,5-8,11-13,15-16,18-21H2,1-4H3,(H,37,45)(H,38,44)(H,39,42)/t25-,26?,27-,30+,35+/m0/s1. The lowest BCUT2D eigenvalue weighted by atomic mass is 9.84. The fourth-order valence-electron chi connectivity index (χ4n) is 7.19. The number of ketones is 1. The zero-order valence-electron chi connectivity index (χ0n) is 28.3. The van der Waals surface area contributed by atoms with Gasteiger partial charge in [0.15, 0.2) is 0 Å². The Morgan fingerprint density at radius 3 is 2.43 bits per heavy atom. The third-order valence-corrected chi connectivity index (χ3v) is 9.99. The van der Waals surface area contributed by atoms with Gasteiger partial charge in [-0.2, -0.15) is 5.48 Å². The van der Waals surface area contributed by atoms with Crippen LogP contribution in [-0.2, 0) is 28.8 Å². The SMILES string of the molecule is CCC[C@H](NC(=O)[C@@H]1C[C@]2(CC(c3ccccn3)NO2)CN1C(=O)[C@@H](NC(=O)CC1CCCCC1)C(C)(C)C)C(=O)C(=O)NC1CC1. The predicted octanol–water partition coefficient (Wildman–Crippen LogP) is 3.02. The van der Waals surface area contributed by atoms with Crippen molar-refractivity contribution in [2.75, 3.05) is 6.54 Å². The van der Waals surface area contributed by atoms with E-state index in [9.17, 15) is 24.0 Å². The van der Waals surface area contributed by atoms with Gasteiger partial charge in [-0.25, -0.2) is 0 Å². The summed E-state index contributed by atoms with van der Waals surface area (Å²) in [7, 11) is 0. The number of rotatable bonds is 12. The highest BCUT2D eigenvalue weighted by Crippen LogP contribution is 2.42. The van der Waals surface area contributed by atoms with E-state index in [0.29, 0.717) is 25.2 Å². The largest absolute Gasteiger partial charge is 0.347 e. The van der Waals surface area contributed by atoms with Gasteiger partial charge in [-0.05, 0) is 55.6 Å². The van der Waals surface area contributed by atoms with Crippen LogP contribution in [0.4, 0.5) is 0 Å². The van der Waals surface area contributed by atoms with Gasteiger partial charge in [0.05, 0.1) is 24.3 Å². The third-order valence-electron chi connectivity index (χ3n) is 9.99. The van der Waals surface area contributed by atoms with Crippen molar-refractivity contribution < 1.29 is 28.8 Å². The molecule has 12 heteroatoms. The molecule has 4 aliphatic rings. The van der Waals surface area contributed by atoms with Crippen LogP contribution in [0.5, 0.6) is 0 Å². The molecule has 4 amide bonds. The Hall–Kier alpha value is -3.38. The van der Waals surface area contributed by atoms with Crippen molar-refractivity contribution >= 4 is 29.4 Å². The number of aromatic nitrogens is 1. The topological polar surface area (TPSA) is 159 Å². The molecule has 3 heterocycles. The summed E-state index contributed by atoms with van der Waals surface area (Å²) in [6.45, 7) is 7.69. The van der Waals surface area contributed by atoms with Gasteiger partial charge in [0, 0.05) is 31.5 Å². The van der Waals surface area contributed by atoms with E-state index in [-0.39, 0.29) is 43.3 Å². The van der Waals surface area contributed by atoms with E-state index in [2.05, 4.69) is 26.4 Å². The fourth-order valence-corrected chi connectivity index (χ4v) is 7.19. The second-order valence-corrected chi connectivity index (χ2v) is 15.1. The summed E-state index contributed by atoms with van der Waals surface area (Å²) in [6.07, 6.45) is 10.7. The first kappa shape index (κ1) is 34.9. The maximum Gasteiger partial charge on any atom is 0.289 e. The van der Waals surface area contributed by atoms with E-state index in [1.807, 2.05) is 45.9 Å². The van der Waals surface area contributed by atoms with E-state index >= 15 is 0 Å². The molecular formula is C35H52N6O6. The van der Waals surface area contributed by atoms with Gasteiger partial charge in [-0.1, -0.05) is 59.4 Å². The molecule has 4 N–H and O–H groups in total. The lowest BCUT2D eigenvalue weighted by Gasteiger charge is -2.36. The number of carbonyl (C=O) groups excluding carboxylic acids is 5. The van der Waals surface area contributed by atoms with Crippen molar-refractivity contribution in [3.05, 3.63) is 30.1 Å². The first-order valence-corrected chi connectivity index (χ1v) is 17.5. The summed E-state index contributed by atoms with van der Waals surface area (Å²) < 4.78 is 0. The number of carbonyl (C=O) groups is 5. The molecule has 1 aromatic heterocycles. The molecule has 2 saturated heterocycles. The molecule has 0 bridgehead atoms. The summed E-state index contributed by atoms with van der Waals surface area (Å²) in [5, 5.41) is 8.58. The Labute approximate surface area is 277 Å². The van der Waals surface area contributed by atoms with Crippen molar-refractivity contribution in [3.63, 3.8) is 0 Å². The molecule has 12 nitrogen and oxygen atoms in total. The lowest BCUT2D eigenvalue weighted by Crippen LogP contribution is -2.59. The molecule has 2 aliphatic heterocycles. The summed E-state index contributed by atoms with van der Waals surface area (Å²) in [5.41, 5.74) is 2.31. The molecule has 258 valence electrons.